The number of carbonyl (C=O) groups is 3. The summed E-state index contributed by atoms with van der Waals surface area (Å²) in [4.78, 5) is 26.1. The van der Waals surface area contributed by atoms with Crippen LogP contribution in [0.25, 0.3) is 0 Å². The Morgan fingerprint density at radius 3 is 0.733 bits per heavy atom. The van der Waals surface area contributed by atoms with Gasteiger partial charge in [0, 0.05) is 6.92 Å². The van der Waals surface area contributed by atoms with Gasteiger partial charge in [0.1, 0.15) is 0 Å². The van der Waals surface area contributed by atoms with Gasteiger partial charge in [-0.3, -0.25) is 4.79 Å². The van der Waals surface area contributed by atoms with Crippen LogP contribution >= 0.6 is 0 Å². The average molecular weight is 272 g/mol. The molecule has 0 atom stereocenters. The zero-order valence-electron chi connectivity index (χ0n) is 5.96. The second-order valence-electron chi connectivity index (χ2n) is 1.08. The minimum atomic E-state index is -1.83. The molecule has 8 nitrogen and oxygen atoms in total. The van der Waals surface area contributed by atoms with Crippen LogP contribution in [0.15, 0.2) is 0 Å². The summed E-state index contributed by atoms with van der Waals surface area (Å²) >= 11 is 0. The third kappa shape index (κ3) is 1070. The molecule has 0 unspecified atom stereocenters. The fourth-order valence-corrected chi connectivity index (χ4v) is 0. The van der Waals surface area contributed by atoms with Crippen molar-refractivity contribution in [2.75, 3.05) is 0 Å². The Balaban J connectivity index is -0.0000000184. The summed E-state index contributed by atoms with van der Waals surface area (Å²) in [6, 6.07) is 0. The molecule has 0 saturated heterocycles. The van der Waals surface area contributed by atoms with Crippen LogP contribution in [0.5, 0.6) is 0 Å². The Kier molecular flexibility index (Phi) is 71.0. The van der Waals surface area contributed by atoms with Crippen molar-refractivity contribution >= 4 is 129 Å². The molecule has 0 fully saturated rings. The Bertz CT molecular complexity index is 122. The van der Waals surface area contributed by atoms with Crippen molar-refractivity contribution in [2.45, 2.75) is 6.92 Å². The molecule has 0 aliphatic heterocycles. The molecule has 0 radical (unpaired) electrons. The van der Waals surface area contributed by atoms with Crippen LogP contribution in [0.2, 0.25) is 0 Å². The molecule has 0 aliphatic carbocycles. The van der Waals surface area contributed by atoms with E-state index in [4.69, 9.17) is 39.9 Å². The molecular weight excluding hydrogens is 261 g/mol. The first-order valence-corrected chi connectivity index (χ1v) is 2.23. The summed E-state index contributed by atoms with van der Waals surface area (Å²) in [5.41, 5.74) is 0. The number of rotatable bonds is 0. The van der Waals surface area contributed by atoms with E-state index in [1.807, 2.05) is 0 Å². The van der Waals surface area contributed by atoms with Crippen molar-refractivity contribution in [3.8, 4) is 0 Å². The fraction of sp³-hybridized carbons (Fsp3) is 0.250. The molecule has 0 aliphatic rings. The molecule has 0 saturated carbocycles. The maximum atomic E-state index is 9.00. The van der Waals surface area contributed by atoms with Crippen molar-refractivity contribution in [3.05, 3.63) is 0 Å². The first kappa shape index (κ1) is 36.0. The van der Waals surface area contributed by atoms with Crippen LogP contribution in [0.4, 0.5) is 9.59 Å². The van der Waals surface area contributed by atoms with E-state index < -0.39 is 18.3 Å². The molecule has 0 amide bonds. The maximum absolute atomic E-state index is 9.00. The Morgan fingerprint density at radius 2 is 0.733 bits per heavy atom. The normalized spacial score (nSPS) is 4.87. The van der Waals surface area contributed by atoms with Gasteiger partial charge in [-0.05, 0) is 0 Å². The van der Waals surface area contributed by atoms with Crippen LogP contribution < -0.4 is 0 Å². The minimum absolute atomic E-state index is 0. The topological polar surface area (TPSA) is 152 Å². The predicted molar refractivity (Wildman–Crippen MR) is 56.1 cm³/mol. The van der Waals surface area contributed by atoms with Crippen LogP contribution in [-0.2, 0) is 4.79 Å². The van der Waals surface area contributed by atoms with Crippen LogP contribution in [0, 0.1) is 0 Å². The molecule has 78 valence electrons. The van der Waals surface area contributed by atoms with E-state index in [0.29, 0.717) is 0 Å². The van der Waals surface area contributed by atoms with Gasteiger partial charge in [0.25, 0.3) is 5.97 Å². The van der Waals surface area contributed by atoms with E-state index in [-0.39, 0.29) is 110 Å². The second kappa shape index (κ2) is 29.6. The van der Waals surface area contributed by atoms with Gasteiger partial charge in [-0.25, -0.2) is 9.59 Å². The van der Waals surface area contributed by atoms with Gasteiger partial charge in [-0.2, -0.15) is 0 Å². The Hall–Kier alpha value is 1.65. The molecule has 0 aromatic carbocycles. The summed E-state index contributed by atoms with van der Waals surface area (Å²) in [6.07, 6.45) is -3.67. The van der Waals surface area contributed by atoms with Crippen molar-refractivity contribution in [3.63, 3.8) is 0 Å². The number of hydrogen-bond acceptors (Lipinski definition) is 3. The van der Waals surface area contributed by atoms with Gasteiger partial charge < -0.3 is 25.5 Å². The molecule has 15 heavy (non-hydrogen) atoms. The molecule has 0 aromatic rings. The number of carboxylic acids is 1. The zero-order chi connectivity index (χ0) is 10.7. The quantitative estimate of drug-likeness (QED) is 0.337. The zero-order valence-corrected chi connectivity index (χ0v) is 5.96. The molecule has 0 heterocycles. The van der Waals surface area contributed by atoms with Crippen LogP contribution in [0.1, 0.15) is 6.92 Å². The van der Waals surface area contributed by atoms with Crippen LogP contribution in [0.3, 0.4) is 0 Å². The van der Waals surface area contributed by atoms with E-state index in [9.17, 15) is 0 Å². The van der Waals surface area contributed by atoms with Crippen molar-refractivity contribution < 1.29 is 39.9 Å². The predicted octanol–water partition coefficient (Wildman–Crippen LogP) is -1.41. The number of carboxylic acid groups (broad SMARTS) is 5. The van der Waals surface area contributed by atoms with Gasteiger partial charge in [0.15, 0.2) is 0 Å². The first-order valence-electron chi connectivity index (χ1n) is 2.23. The monoisotopic (exact) mass is 272 g/mol. The Morgan fingerprint density at radius 1 is 0.733 bits per heavy atom. The Labute approximate surface area is 172 Å². The molecule has 11 heteroatoms. The molecule has 0 rings (SSSR count). The standard InChI is InChI=1S/C2H4O2.2CH2O3.K.2Na.3H/c1-2(3)4;2*2-1(3)4;;;;;;/h1H3,(H,3,4);2*(H2,2,3,4);;;;;;. The van der Waals surface area contributed by atoms with Gasteiger partial charge in [-0.1, -0.05) is 0 Å². The second-order valence-corrected chi connectivity index (χ2v) is 1.08. The molecular formula is C4H11KNa2O8. The van der Waals surface area contributed by atoms with Crippen molar-refractivity contribution in [1.29, 1.82) is 0 Å². The van der Waals surface area contributed by atoms with Gasteiger partial charge >= 0.3 is 123 Å². The van der Waals surface area contributed by atoms with E-state index in [1.165, 1.54) is 0 Å². The summed E-state index contributed by atoms with van der Waals surface area (Å²) in [6.45, 7) is 1.08. The molecule has 5 N–H and O–H groups in total. The van der Waals surface area contributed by atoms with Gasteiger partial charge in [-0.15, -0.1) is 0 Å². The number of hydrogen-bond donors (Lipinski definition) is 5. The number of aliphatic carboxylic acids is 1. The van der Waals surface area contributed by atoms with E-state index in [2.05, 4.69) is 0 Å². The summed E-state index contributed by atoms with van der Waals surface area (Å²) < 4.78 is 0. The summed E-state index contributed by atoms with van der Waals surface area (Å²) in [5.74, 6) is -0.833. The van der Waals surface area contributed by atoms with E-state index in [1.54, 1.807) is 0 Å². The summed E-state index contributed by atoms with van der Waals surface area (Å²) in [7, 11) is 0. The van der Waals surface area contributed by atoms with Gasteiger partial charge in [0.2, 0.25) is 0 Å². The third-order valence-corrected chi connectivity index (χ3v) is 0. The first-order chi connectivity index (χ1) is 5.20. The molecule has 0 aromatic heterocycles. The molecule has 0 spiro atoms. The SMILES string of the molecule is CC(=O)O.O=C(O)O.O=C(O)O.[KH].[NaH].[NaH]. The fourth-order valence-electron chi connectivity index (χ4n) is 0. The van der Waals surface area contributed by atoms with Crippen molar-refractivity contribution in [1.82, 2.24) is 0 Å². The van der Waals surface area contributed by atoms with E-state index >= 15 is 0 Å². The third-order valence-electron chi connectivity index (χ3n) is 0. The molecule has 0 bridgehead atoms. The van der Waals surface area contributed by atoms with E-state index in [0.717, 1.165) is 6.92 Å². The van der Waals surface area contributed by atoms with Crippen LogP contribution in [-0.4, -0.2) is 154 Å². The summed E-state index contributed by atoms with van der Waals surface area (Å²) in [5, 5.41) is 35.3. The average Bonchev–Trinajstić information content (AvgIpc) is 1.54. The van der Waals surface area contributed by atoms with Crippen molar-refractivity contribution in [2.24, 2.45) is 0 Å². The van der Waals surface area contributed by atoms with Gasteiger partial charge in [0.05, 0.1) is 0 Å².